The highest BCUT2D eigenvalue weighted by Gasteiger charge is 2.38. The van der Waals surface area contributed by atoms with Crippen LogP contribution in [0.25, 0.3) is 0 Å². The number of aryl methyl sites for hydroxylation is 2. The molecule has 1 aromatic carbocycles. The SMILES string of the molecule is COCCN(C1CC1)S(=O)(=O)c1c(C)cc(N)cc1C. The molecule has 0 spiro atoms. The van der Waals surface area contributed by atoms with Crippen molar-refractivity contribution in [3.8, 4) is 0 Å². The summed E-state index contributed by atoms with van der Waals surface area (Å²) in [6, 6.07) is 3.54. The van der Waals surface area contributed by atoms with Crippen LogP contribution in [-0.2, 0) is 14.8 Å². The van der Waals surface area contributed by atoms with Crippen molar-refractivity contribution in [2.24, 2.45) is 0 Å². The number of hydrogen-bond donors (Lipinski definition) is 1. The molecule has 6 heteroatoms. The average Bonchev–Trinajstić information content (AvgIpc) is 3.11. The fourth-order valence-electron chi connectivity index (χ4n) is 2.55. The Labute approximate surface area is 120 Å². The third-order valence-corrected chi connectivity index (χ3v) is 5.78. The van der Waals surface area contributed by atoms with Crippen molar-refractivity contribution >= 4 is 15.7 Å². The second-order valence-electron chi connectivity index (χ2n) is 5.32. The van der Waals surface area contributed by atoms with Gasteiger partial charge in [0.05, 0.1) is 11.5 Å². The van der Waals surface area contributed by atoms with Gasteiger partial charge in [-0.15, -0.1) is 0 Å². The summed E-state index contributed by atoms with van der Waals surface area (Å²) in [7, 11) is -1.91. The zero-order valence-corrected chi connectivity index (χ0v) is 13.0. The molecule has 1 saturated carbocycles. The number of nitrogen functional groups attached to an aromatic ring is 1. The fraction of sp³-hybridized carbons (Fsp3) is 0.571. The van der Waals surface area contributed by atoms with Gasteiger partial charge in [-0.2, -0.15) is 4.31 Å². The Hall–Kier alpha value is -1.11. The Bertz CT molecular complexity index is 571. The van der Waals surface area contributed by atoms with Crippen LogP contribution >= 0.6 is 0 Å². The normalized spacial score (nSPS) is 15.8. The lowest BCUT2D eigenvalue weighted by atomic mass is 10.1. The molecule has 1 fully saturated rings. The van der Waals surface area contributed by atoms with Crippen molar-refractivity contribution in [1.29, 1.82) is 0 Å². The number of sulfonamides is 1. The Kier molecular flexibility index (Phi) is 4.36. The quantitative estimate of drug-likeness (QED) is 0.811. The predicted octanol–water partition coefficient (Wildman–Crippen LogP) is 1.69. The Morgan fingerprint density at radius 2 is 1.85 bits per heavy atom. The lowest BCUT2D eigenvalue weighted by Gasteiger charge is -2.24. The van der Waals surface area contributed by atoms with Gasteiger partial charge >= 0.3 is 0 Å². The van der Waals surface area contributed by atoms with Crippen LogP contribution in [0.1, 0.15) is 24.0 Å². The highest BCUT2D eigenvalue weighted by molar-refractivity contribution is 7.89. The zero-order valence-electron chi connectivity index (χ0n) is 12.2. The second-order valence-corrected chi connectivity index (χ2v) is 7.15. The fourth-order valence-corrected chi connectivity index (χ4v) is 4.64. The summed E-state index contributed by atoms with van der Waals surface area (Å²) < 4.78 is 32.4. The summed E-state index contributed by atoms with van der Waals surface area (Å²) in [6.07, 6.45) is 1.85. The van der Waals surface area contributed by atoms with E-state index in [1.807, 2.05) is 0 Å². The van der Waals surface area contributed by atoms with Crippen LogP contribution < -0.4 is 5.73 Å². The predicted molar refractivity (Wildman–Crippen MR) is 79.1 cm³/mol. The lowest BCUT2D eigenvalue weighted by Crippen LogP contribution is -2.36. The molecule has 0 aromatic heterocycles. The third kappa shape index (κ3) is 2.97. The molecule has 1 aliphatic rings. The molecule has 0 aliphatic heterocycles. The van der Waals surface area contributed by atoms with Crippen molar-refractivity contribution in [2.45, 2.75) is 37.6 Å². The van der Waals surface area contributed by atoms with E-state index in [1.165, 1.54) is 0 Å². The van der Waals surface area contributed by atoms with E-state index in [2.05, 4.69) is 0 Å². The van der Waals surface area contributed by atoms with Gasteiger partial charge in [0.25, 0.3) is 0 Å². The molecule has 5 nitrogen and oxygen atoms in total. The van der Waals surface area contributed by atoms with Crippen molar-refractivity contribution in [2.75, 3.05) is 26.0 Å². The van der Waals surface area contributed by atoms with Gasteiger partial charge in [0, 0.05) is 25.4 Å². The minimum atomic E-state index is -3.49. The number of benzene rings is 1. The summed E-state index contributed by atoms with van der Waals surface area (Å²) >= 11 is 0. The first-order valence-corrected chi connectivity index (χ1v) is 8.19. The molecule has 2 N–H and O–H groups in total. The highest BCUT2D eigenvalue weighted by Crippen LogP contribution is 2.34. The first-order valence-electron chi connectivity index (χ1n) is 6.75. The van der Waals surface area contributed by atoms with Crippen LogP contribution in [-0.4, -0.2) is 39.0 Å². The van der Waals surface area contributed by atoms with E-state index in [-0.39, 0.29) is 6.04 Å². The second kappa shape index (κ2) is 5.71. The number of nitrogens with zero attached hydrogens (tertiary/aromatic N) is 1. The Morgan fingerprint density at radius 3 is 2.30 bits per heavy atom. The molecule has 2 rings (SSSR count). The molecule has 1 aliphatic carbocycles. The molecule has 0 heterocycles. The molecule has 112 valence electrons. The number of rotatable bonds is 6. The maximum Gasteiger partial charge on any atom is 0.243 e. The Morgan fingerprint density at radius 1 is 1.30 bits per heavy atom. The van der Waals surface area contributed by atoms with Crippen LogP contribution in [0.4, 0.5) is 5.69 Å². The van der Waals surface area contributed by atoms with E-state index in [0.717, 1.165) is 12.8 Å². The zero-order chi connectivity index (χ0) is 14.9. The molecule has 1 aromatic rings. The number of anilines is 1. The maximum absolute atomic E-state index is 12.9. The van der Waals surface area contributed by atoms with E-state index in [1.54, 1.807) is 37.4 Å². The van der Waals surface area contributed by atoms with Gasteiger partial charge in [-0.1, -0.05) is 0 Å². The summed E-state index contributed by atoms with van der Waals surface area (Å²) in [5, 5.41) is 0. The van der Waals surface area contributed by atoms with E-state index < -0.39 is 10.0 Å². The molecular formula is C14H22N2O3S. The molecule has 0 saturated heterocycles. The molecule has 0 atom stereocenters. The van der Waals surface area contributed by atoms with Gasteiger partial charge in [0.2, 0.25) is 10.0 Å². The monoisotopic (exact) mass is 298 g/mol. The molecule has 0 bridgehead atoms. The van der Waals surface area contributed by atoms with Crippen LogP contribution in [0.5, 0.6) is 0 Å². The van der Waals surface area contributed by atoms with Crippen LogP contribution in [0, 0.1) is 13.8 Å². The smallest absolute Gasteiger partial charge is 0.243 e. The lowest BCUT2D eigenvalue weighted by molar-refractivity contribution is 0.177. The van der Waals surface area contributed by atoms with E-state index >= 15 is 0 Å². The number of hydrogen-bond acceptors (Lipinski definition) is 4. The third-order valence-electron chi connectivity index (χ3n) is 3.52. The molecule has 20 heavy (non-hydrogen) atoms. The molecular weight excluding hydrogens is 276 g/mol. The molecule has 0 amide bonds. The van der Waals surface area contributed by atoms with E-state index in [9.17, 15) is 8.42 Å². The summed E-state index contributed by atoms with van der Waals surface area (Å²) in [5.41, 5.74) is 7.76. The van der Waals surface area contributed by atoms with Crippen LogP contribution in [0.15, 0.2) is 17.0 Å². The van der Waals surface area contributed by atoms with Crippen molar-refractivity contribution in [3.05, 3.63) is 23.3 Å². The van der Waals surface area contributed by atoms with Crippen LogP contribution in [0.2, 0.25) is 0 Å². The van der Waals surface area contributed by atoms with Crippen molar-refractivity contribution < 1.29 is 13.2 Å². The van der Waals surface area contributed by atoms with Crippen molar-refractivity contribution in [1.82, 2.24) is 4.31 Å². The van der Waals surface area contributed by atoms with Gasteiger partial charge in [-0.25, -0.2) is 8.42 Å². The summed E-state index contributed by atoms with van der Waals surface area (Å²) in [4.78, 5) is 0.384. The first-order chi connectivity index (χ1) is 9.37. The van der Waals surface area contributed by atoms with Gasteiger partial charge < -0.3 is 10.5 Å². The number of methoxy groups -OCH3 is 1. The topological polar surface area (TPSA) is 72.6 Å². The summed E-state index contributed by atoms with van der Waals surface area (Å²) in [6.45, 7) is 4.38. The molecule has 0 radical (unpaired) electrons. The maximum atomic E-state index is 12.9. The largest absolute Gasteiger partial charge is 0.399 e. The molecule has 0 unspecified atom stereocenters. The van der Waals surface area contributed by atoms with Gasteiger partial charge in [0.1, 0.15) is 0 Å². The van der Waals surface area contributed by atoms with Crippen LogP contribution in [0.3, 0.4) is 0 Å². The Balaban J connectivity index is 2.42. The van der Waals surface area contributed by atoms with Gasteiger partial charge in [-0.05, 0) is 49.9 Å². The number of nitrogens with two attached hydrogens (primary N) is 1. The first kappa shape index (κ1) is 15.3. The van der Waals surface area contributed by atoms with Gasteiger partial charge in [0.15, 0.2) is 0 Å². The highest BCUT2D eigenvalue weighted by atomic mass is 32.2. The van der Waals surface area contributed by atoms with E-state index in [4.69, 9.17) is 10.5 Å². The standard InChI is InChI=1S/C14H22N2O3S/c1-10-8-12(15)9-11(2)14(10)20(17,18)16(6-7-19-3)13-4-5-13/h8-9,13H,4-7,15H2,1-3H3. The van der Waals surface area contributed by atoms with Gasteiger partial charge in [-0.3, -0.25) is 0 Å². The van der Waals surface area contributed by atoms with Crippen molar-refractivity contribution in [3.63, 3.8) is 0 Å². The minimum Gasteiger partial charge on any atom is -0.399 e. The van der Waals surface area contributed by atoms with E-state index in [0.29, 0.717) is 34.9 Å². The summed E-state index contributed by atoms with van der Waals surface area (Å²) in [5.74, 6) is 0. The minimum absolute atomic E-state index is 0.117. The number of ether oxygens (including phenoxy) is 1. The average molecular weight is 298 g/mol.